The Morgan fingerprint density at radius 3 is 3.00 bits per heavy atom. The Kier molecular flexibility index (Phi) is 2.61. The van der Waals surface area contributed by atoms with Gasteiger partial charge in [-0.05, 0) is 30.4 Å². The molecule has 0 aromatic carbocycles. The summed E-state index contributed by atoms with van der Waals surface area (Å²) in [6.07, 6.45) is 2.83. The fourth-order valence-corrected chi connectivity index (χ4v) is 2.34. The van der Waals surface area contributed by atoms with Crippen LogP contribution in [0.4, 0.5) is 0 Å². The SMILES string of the molecule is CCc1cc2c(o1)C(O)(CN)C(C)CC2. The molecule has 2 rings (SSSR count). The maximum absolute atomic E-state index is 10.5. The summed E-state index contributed by atoms with van der Waals surface area (Å²) in [5.74, 6) is 1.83. The van der Waals surface area contributed by atoms with E-state index in [0.717, 1.165) is 30.6 Å². The second kappa shape index (κ2) is 3.65. The molecule has 0 spiro atoms. The highest BCUT2D eigenvalue weighted by molar-refractivity contribution is 5.30. The predicted molar refractivity (Wildman–Crippen MR) is 58.5 cm³/mol. The molecule has 1 aromatic heterocycles. The van der Waals surface area contributed by atoms with Crippen molar-refractivity contribution in [2.45, 2.75) is 38.7 Å². The van der Waals surface area contributed by atoms with Crippen molar-refractivity contribution in [1.29, 1.82) is 0 Å². The molecule has 2 unspecified atom stereocenters. The average molecular weight is 209 g/mol. The van der Waals surface area contributed by atoms with E-state index >= 15 is 0 Å². The normalized spacial score (nSPS) is 30.3. The molecule has 1 aromatic rings. The topological polar surface area (TPSA) is 59.4 Å². The van der Waals surface area contributed by atoms with Gasteiger partial charge >= 0.3 is 0 Å². The molecule has 3 heteroatoms. The zero-order valence-corrected chi connectivity index (χ0v) is 9.42. The first-order chi connectivity index (χ1) is 7.11. The molecule has 0 bridgehead atoms. The van der Waals surface area contributed by atoms with E-state index in [1.54, 1.807) is 0 Å². The molecule has 3 nitrogen and oxygen atoms in total. The number of hydrogen-bond donors (Lipinski definition) is 2. The van der Waals surface area contributed by atoms with Gasteiger partial charge in [0, 0.05) is 13.0 Å². The maximum atomic E-state index is 10.5. The molecule has 1 heterocycles. The van der Waals surface area contributed by atoms with E-state index in [2.05, 4.69) is 13.0 Å². The van der Waals surface area contributed by atoms with Crippen LogP contribution in [-0.4, -0.2) is 11.7 Å². The van der Waals surface area contributed by atoms with Crippen LogP contribution in [0.25, 0.3) is 0 Å². The van der Waals surface area contributed by atoms with Crippen molar-refractivity contribution in [2.75, 3.05) is 6.54 Å². The highest BCUT2D eigenvalue weighted by atomic mass is 16.4. The van der Waals surface area contributed by atoms with Gasteiger partial charge in [-0.15, -0.1) is 0 Å². The predicted octanol–water partition coefficient (Wildman–Crippen LogP) is 1.57. The van der Waals surface area contributed by atoms with Gasteiger partial charge in [0.1, 0.15) is 17.1 Å². The number of furan rings is 1. The van der Waals surface area contributed by atoms with Gasteiger partial charge in [-0.2, -0.15) is 0 Å². The van der Waals surface area contributed by atoms with Gasteiger partial charge in [0.15, 0.2) is 0 Å². The van der Waals surface area contributed by atoms with E-state index in [1.807, 2.05) is 6.92 Å². The molecule has 3 N–H and O–H groups in total. The fraction of sp³-hybridized carbons (Fsp3) is 0.667. The first-order valence-electron chi connectivity index (χ1n) is 5.66. The zero-order chi connectivity index (χ0) is 11.1. The first kappa shape index (κ1) is 10.7. The van der Waals surface area contributed by atoms with Gasteiger partial charge in [0.25, 0.3) is 0 Å². The average Bonchev–Trinajstić information content (AvgIpc) is 2.68. The lowest BCUT2D eigenvalue weighted by Crippen LogP contribution is -2.43. The Morgan fingerprint density at radius 2 is 2.40 bits per heavy atom. The lowest BCUT2D eigenvalue weighted by atomic mass is 9.76. The minimum Gasteiger partial charge on any atom is -0.463 e. The number of rotatable bonds is 2. The Balaban J connectivity index is 2.47. The molecular weight excluding hydrogens is 190 g/mol. The first-order valence-corrected chi connectivity index (χ1v) is 5.66. The van der Waals surface area contributed by atoms with Crippen LogP contribution in [0.1, 0.15) is 37.4 Å². The molecule has 0 aliphatic heterocycles. The number of aryl methyl sites for hydroxylation is 2. The van der Waals surface area contributed by atoms with Gasteiger partial charge in [-0.25, -0.2) is 0 Å². The standard InChI is InChI=1S/C12H19NO2/c1-3-10-6-9-5-4-8(2)12(14,7-13)11(9)15-10/h6,8,14H,3-5,7,13H2,1-2H3. The molecule has 1 aliphatic carbocycles. The van der Waals surface area contributed by atoms with Crippen LogP contribution < -0.4 is 5.73 Å². The van der Waals surface area contributed by atoms with Crippen molar-refractivity contribution in [3.63, 3.8) is 0 Å². The van der Waals surface area contributed by atoms with Crippen LogP contribution in [0.2, 0.25) is 0 Å². The summed E-state index contributed by atoms with van der Waals surface area (Å²) < 4.78 is 5.70. The smallest absolute Gasteiger partial charge is 0.140 e. The highest BCUT2D eigenvalue weighted by Crippen LogP contribution is 2.40. The summed E-state index contributed by atoms with van der Waals surface area (Å²) in [7, 11) is 0. The van der Waals surface area contributed by atoms with E-state index in [0.29, 0.717) is 5.76 Å². The zero-order valence-electron chi connectivity index (χ0n) is 9.42. The van der Waals surface area contributed by atoms with Crippen LogP contribution in [0.5, 0.6) is 0 Å². The van der Waals surface area contributed by atoms with E-state index in [1.165, 1.54) is 0 Å². The van der Waals surface area contributed by atoms with Crippen LogP contribution in [0.15, 0.2) is 10.5 Å². The molecule has 84 valence electrons. The van der Waals surface area contributed by atoms with Gasteiger partial charge < -0.3 is 15.3 Å². The summed E-state index contributed by atoms with van der Waals surface area (Å²) >= 11 is 0. The molecule has 0 saturated heterocycles. The Morgan fingerprint density at radius 1 is 1.67 bits per heavy atom. The van der Waals surface area contributed by atoms with Crippen LogP contribution >= 0.6 is 0 Å². The monoisotopic (exact) mass is 209 g/mol. The lowest BCUT2D eigenvalue weighted by molar-refractivity contribution is -0.0388. The van der Waals surface area contributed by atoms with E-state index in [4.69, 9.17) is 10.2 Å². The Labute approximate surface area is 90.3 Å². The fourth-order valence-electron chi connectivity index (χ4n) is 2.34. The molecule has 2 atom stereocenters. The Bertz CT molecular complexity index is 359. The van der Waals surface area contributed by atoms with Crippen molar-refractivity contribution in [3.05, 3.63) is 23.2 Å². The molecule has 0 radical (unpaired) electrons. The van der Waals surface area contributed by atoms with Gasteiger partial charge in [-0.3, -0.25) is 0 Å². The third kappa shape index (κ3) is 1.50. The van der Waals surface area contributed by atoms with Crippen molar-refractivity contribution in [2.24, 2.45) is 11.7 Å². The minimum absolute atomic E-state index is 0.172. The van der Waals surface area contributed by atoms with Crippen LogP contribution in [-0.2, 0) is 18.4 Å². The van der Waals surface area contributed by atoms with E-state index < -0.39 is 5.60 Å². The summed E-state index contributed by atoms with van der Waals surface area (Å²) in [4.78, 5) is 0. The number of nitrogens with two attached hydrogens (primary N) is 1. The van der Waals surface area contributed by atoms with Crippen LogP contribution in [0, 0.1) is 5.92 Å². The lowest BCUT2D eigenvalue weighted by Gasteiger charge is -2.35. The molecule has 0 amide bonds. The molecule has 15 heavy (non-hydrogen) atoms. The van der Waals surface area contributed by atoms with E-state index in [9.17, 15) is 5.11 Å². The second-order valence-corrected chi connectivity index (χ2v) is 4.49. The van der Waals surface area contributed by atoms with Crippen molar-refractivity contribution in [1.82, 2.24) is 0 Å². The van der Waals surface area contributed by atoms with Gasteiger partial charge in [0.05, 0.1) is 0 Å². The molecular formula is C12H19NO2. The van der Waals surface area contributed by atoms with Crippen molar-refractivity contribution < 1.29 is 9.52 Å². The summed E-state index contributed by atoms with van der Waals surface area (Å²) in [5, 5.41) is 10.5. The molecule has 0 saturated carbocycles. The number of aliphatic hydroxyl groups is 1. The highest BCUT2D eigenvalue weighted by Gasteiger charge is 2.42. The van der Waals surface area contributed by atoms with Crippen LogP contribution in [0.3, 0.4) is 0 Å². The van der Waals surface area contributed by atoms with Crippen molar-refractivity contribution >= 4 is 0 Å². The minimum atomic E-state index is -0.957. The third-order valence-electron chi connectivity index (χ3n) is 3.57. The van der Waals surface area contributed by atoms with Gasteiger partial charge in [-0.1, -0.05) is 13.8 Å². The Hall–Kier alpha value is -0.800. The summed E-state index contributed by atoms with van der Waals surface area (Å²) in [6, 6.07) is 2.06. The molecule has 0 fully saturated rings. The third-order valence-corrected chi connectivity index (χ3v) is 3.57. The summed E-state index contributed by atoms with van der Waals surface area (Å²) in [5.41, 5.74) is 5.86. The van der Waals surface area contributed by atoms with E-state index in [-0.39, 0.29) is 12.5 Å². The largest absolute Gasteiger partial charge is 0.463 e. The van der Waals surface area contributed by atoms with Crippen molar-refractivity contribution in [3.8, 4) is 0 Å². The quantitative estimate of drug-likeness (QED) is 0.777. The summed E-state index contributed by atoms with van der Waals surface area (Å²) in [6.45, 7) is 4.32. The molecule has 1 aliphatic rings. The maximum Gasteiger partial charge on any atom is 0.140 e. The number of hydrogen-bond acceptors (Lipinski definition) is 3. The second-order valence-electron chi connectivity index (χ2n) is 4.49. The number of fused-ring (bicyclic) bond motifs is 1. The van der Waals surface area contributed by atoms with Gasteiger partial charge in [0.2, 0.25) is 0 Å².